The molecule has 1 N–H and O–H groups in total. The smallest absolute Gasteiger partial charge is 0.231 e. The van der Waals surface area contributed by atoms with Gasteiger partial charge in [0, 0.05) is 19.2 Å². The summed E-state index contributed by atoms with van der Waals surface area (Å²) in [5.74, 6) is 1.69. The van der Waals surface area contributed by atoms with Gasteiger partial charge in [-0.1, -0.05) is 6.07 Å². The van der Waals surface area contributed by atoms with Crippen molar-refractivity contribution in [2.75, 3.05) is 19.9 Å². The van der Waals surface area contributed by atoms with Crippen LogP contribution in [0.4, 0.5) is 0 Å². The average molecular weight is 249 g/mol. The molecule has 3 rings (SSSR count). The summed E-state index contributed by atoms with van der Waals surface area (Å²) in [7, 11) is 0. The fourth-order valence-electron chi connectivity index (χ4n) is 2.85. The van der Waals surface area contributed by atoms with Crippen LogP contribution in [0.1, 0.15) is 24.8 Å². The molecule has 4 nitrogen and oxygen atoms in total. The number of nitrogens with zero attached hydrogens (tertiary/aromatic N) is 1. The Hall–Kier alpha value is -1.26. The number of benzene rings is 1. The summed E-state index contributed by atoms with van der Waals surface area (Å²) in [4.78, 5) is 2.45. The molecule has 0 aromatic heterocycles. The first-order chi connectivity index (χ1) is 8.86. The van der Waals surface area contributed by atoms with Crippen LogP contribution < -0.4 is 9.47 Å². The van der Waals surface area contributed by atoms with Gasteiger partial charge >= 0.3 is 0 Å². The van der Waals surface area contributed by atoms with Gasteiger partial charge in [0.15, 0.2) is 11.5 Å². The van der Waals surface area contributed by atoms with Crippen LogP contribution in [0, 0.1) is 0 Å². The standard InChI is InChI=1S/C14H19NO3/c16-7-5-12-2-1-6-15(12)9-11-3-4-13-14(8-11)18-10-17-13/h3-4,8,12,16H,1-2,5-7,9-10H2. The van der Waals surface area contributed by atoms with Gasteiger partial charge in [-0.3, -0.25) is 4.90 Å². The topological polar surface area (TPSA) is 41.9 Å². The second-order valence-electron chi connectivity index (χ2n) is 4.97. The Morgan fingerprint density at radius 3 is 3.06 bits per heavy atom. The molecule has 0 aliphatic carbocycles. The van der Waals surface area contributed by atoms with Crippen LogP contribution in [0.15, 0.2) is 18.2 Å². The molecule has 1 aromatic rings. The van der Waals surface area contributed by atoms with E-state index in [4.69, 9.17) is 14.6 Å². The van der Waals surface area contributed by atoms with Gasteiger partial charge in [-0.05, 0) is 43.5 Å². The molecule has 18 heavy (non-hydrogen) atoms. The van der Waals surface area contributed by atoms with Crippen LogP contribution in [0.3, 0.4) is 0 Å². The van der Waals surface area contributed by atoms with Crippen molar-refractivity contribution >= 4 is 0 Å². The SMILES string of the molecule is OCCC1CCCN1Cc1ccc2c(c1)OCO2. The summed E-state index contributed by atoms with van der Waals surface area (Å²) >= 11 is 0. The Balaban J connectivity index is 1.68. The van der Waals surface area contributed by atoms with Gasteiger partial charge in [0.05, 0.1) is 0 Å². The van der Waals surface area contributed by atoms with E-state index in [0.29, 0.717) is 12.8 Å². The largest absolute Gasteiger partial charge is 0.454 e. The maximum absolute atomic E-state index is 9.07. The average Bonchev–Trinajstić information content (AvgIpc) is 2.99. The lowest BCUT2D eigenvalue weighted by Gasteiger charge is -2.23. The first kappa shape index (κ1) is 11.8. The number of aliphatic hydroxyl groups is 1. The summed E-state index contributed by atoms with van der Waals surface area (Å²) in [6.45, 7) is 2.67. The van der Waals surface area contributed by atoms with Gasteiger partial charge in [-0.15, -0.1) is 0 Å². The molecule has 1 unspecified atom stereocenters. The van der Waals surface area contributed by atoms with E-state index >= 15 is 0 Å². The van der Waals surface area contributed by atoms with E-state index in [1.165, 1.54) is 18.4 Å². The van der Waals surface area contributed by atoms with Gasteiger partial charge in [0.1, 0.15) is 0 Å². The highest BCUT2D eigenvalue weighted by atomic mass is 16.7. The van der Waals surface area contributed by atoms with Crippen molar-refractivity contribution in [2.24, 2.45) is 0 Å². The summed E-state index contributed by atoms with van der Waals surface area (Å²) < 4.78 is 10.7. The molecule has 0 spiro atoms. The van der Waals surface area contributed by atoms with Crippen LogP contribution >= 0.6 is 0 Å². The van der Waals surface area contributed by atoms with Crippen LogP contribution in [0.2, 0.25) is 0 Å². The van der Waals surface area contributed by atoms with E-state index in [2.05, 4.69) is 17.0 Å². The van der Waals surface area contributed by atoms with Gasteiger partial charge < -0.3 is 14.6 Å². The molecule has 1 saturated heterocycles. The van der Waals surface area contributed by atoms with Crippen LogP contribution in [-0.4, -0.2) is 36.0 Å². The van der Waals surface area contributed by atoms with Crippen molar-refractivity contribution in [3.63, 3.8) is 0 Å². The van der Waals surface area contributed by atoms with E-state index in [9.17, 15) is 0 Å². The molecule has 2 aliphatic rings. The van der Waals surface area contributed by atoms with E-state index < -0.39 is 0 Å². The molecule has 1 fully saturated rings. The summed E-state index contributed by atoms with van der Waals surface area (Å²) in [5.41, 5.74) is 1.25. The first-order valence-electron chi connectivity index (χ1n) is 6.60. The number of likely N-dealkylation sites (tertiary alicyclic amines) is 1. The minimum Gasteiger partial charge on any atom is -0.454 e. The molecule has 0 saturated carbocycles. The molecular weight excluding hydrogens is 230 g/mol. The van der Waals surface area contributed by atoms with Crippen molar-refractivity contribution in [3.8, 4) is 11.5 Å². The Bertz CT molecular complexity index is 422. The third kappa shape index (κ3) is 2.31. The lowest BCUT2D eigenvalue weighted by molar-refractivity contribution is 0.173. The van der Waals surface area contributed by atoms with E-state index in [0.717, 1.165) is 31.0 Å². The molecule has 1 aromatic carbocycles. The summed E-state index contributed by atoms with van der Waals surface area (Å²) in [5, 5.41) is 9.07. The molecule has 0 bridgehead atoms. The highest BCUT2D eigenvalue weighted by Crippen LogP contribution is 2.33. The normalized spacial score (nSPS) is 22.6. The van der Waals surface area contributed by atoms with E-state index in [1.54, 1.807) is 0 Å². The number of ether oxygens (including phenoxy) is 2. The minimum atomic E-state index is 0.280. The Morgan fingerprint density at radius 2 is 2.17 bits per heavy atom. The van der Waals surface area contributed by atoms with Crippen molar-refractivity contribution in [2.45, 2.75) is 31.8 Å². The molecule has 1 atom stereocenters. The monoisotopic (exact) mass is 249 g/mol. The van der Waals surface area contributed by atoms with E-state index in [1.807, 2.05) is 6.07 Å². The van der Waals surface area contributed by atoms with Crippen molar-refractivity contribution < 1.29 is 14.6 Å². The number of rotatable bonds is 4. The Morgan fingerprint density at radius 1 is 1.28 bits per heavy atom. The van der Waals surface area contributed by atoms with Crippen LogP contribution in [0.25, 0.3) is 0 Å². The highest BCUT2D eigenvalue weighted by molar-refractivity contribution is 5.44. The highest BCUT2D eigenvalue weighted by Gasteiger charge is 2.24. The summed E-state index contributed by atoms with van der Waals surface area (Å²) in [6.07, 6.45) is 3.31. The number of fused-ring (bicyclic) bond motifs is 1. The predicted octanol–water partition coefficient (Wildman–Crippen LogP) is 1.76. The Kier molecular flexibility index (Phi) is 3.39. The lowest BCUT2D eigenvalue weighted by atomic mass is 10.1. The zero-order valence-corrected chi connectivity index (χ0v) is 10.5. The van der Waals surface area contributed by atoms with Crippen molar-refractivity contribution in [3.05, 3.63) is 23.8 Å². The van der Waals surface area contributed by atoms with Gasteiger partial charge in [0.2, 0.25) is 6.79 Å². The van der Waals surface area contributed by atoms with Crippen molar-refractivity contribution in [1.82, 2.24) is 4.90 Å². The minimum absolute atomic E-state index is 0.280. The molecule has 2 aliphatic heterocycles. The molecule has 2 heterocycles. The quantitative estimate of drug-likeness (QED) is 0.883. The molecule has 4 heteroatoms. The predicted molar refractivity (Wildman–Crippen MR) is 67.7 cm³/mol. The van der Waals surface area contributed by atoms with Gasteiger partial charge in [0.25, 0.3) is 0 Å². The molecule has 0 radical (unpaired) electrons. The molecular formula is C14H19NO3. The van der Waals surface area contributed by atoms with Crippen molar-refractivity contribution in [1.29, 1.82) is 0 Å². The zero-order chi connectivity index (χ0) is 12.4. The zero-order valence-electron chi connectivity index (χ0n) is 10.5. The maximum Gasteiger partial charge on any atom is 0.231 e. The second kappa shape index (κ2) is 5.16. The fraction of sp³-hybridized carbons (Fsp3) is 0.571. The third-order valence-corrected chi connectivity index (χ3v) is 3.78. The van der Waals surface area contributed by atoms with Gasteiger partial charge in [-0.2, -0.15) is 0 Å². The van der Waals surface area contributed by atoms with Crippen LogP contribution in [-0.2, 0) is 6.54 Å². The molecule has 98 valence electrons. The first-order valence-corrected chi connectivity index (χ1v) is 6.60. The lowest BCUT2D eigenvalue weighted by Crippen LogP contribution is -2.29. The maximum atomic E-state index is 9.07. The third-order valence-electron chi connectivity index (χ3n) is 3.78. The number of aliphatic hydroxyl groups excluding tert-OH is 1. The summed E-state index contributed by atoms with van der Waals surface area (Å²) in [6, 6.07) is 6.67. The molecule has 0 amide bonds. The number of hydrogen-bond donors (Lipinski definition) is 1. The fourth-order valence-corrected chi connectivity index (χ4v) is 2.85. The second-order valence-corrected chi connectivity index (χ2v) is 4.97. The van der Waals surface area contributed by atoms with Crippen LogP contribution in [0.5, 0.6) is 11.5 Å². The van der Waals surface area contributed by atoms with E-state index in [-0.39, 0.29) is 6.61 Å². The number of hydrogen-bond acceptors (Lipinski definition) is 4. The van der Waals surface area contributed by atoms with Gasteiger partial charge in [-0.25, -0.2) is 0 Å². The Labute approximate surface area is 107 Å².